The van der Waals surface area contributed by atoms with Gasteiger partial charge in [0.1, 0.15) is 0 Å². The van der Waals surface area contributed by atoms with Gasteiger partial charge in [0.25, 0.3) is 0 Å². The van der Waals surface area contributed by atoms with E-state index < -0.39 is 5.97 Å². The normalized spacial score (nSPS) is 38.1. The predicted octanol–water partition coefficient (Wildman–Crippen LogP) is 2.17. The van der Waals surface area contributed by atoms with E-state index in [1.807, 2.05) is 0 Å². The number of hydrogen-bond donors (Lipinski definition) is 0. The average molecular weight is 323 g/mol. The molecule has 4 aliphatic carbocycles. The van der Waals surface area contributed by atoms with Crippen LogP contribution in [0, 0.1) is 35.5 Å². The summed E-state index contributed by atoms with van der Waals surface area (Å²) in [5.41, 5.74) is 0.380. The van der Waals surface area contributed by atoms with Crippen LogP contribution in [-0.4, -0.2) is 17.8 Å². The zero-order chi connectivity index (χ0) is 16.6. The fraction of sp³-hybridized carbons (Fsp3) is 0.421. The van der Waals surface area contributed by atoms with Crippen molar-refractivity contribution in [1.29, 1.82) is 0 Å². The molecule has 6 atom stereocenters. The van der Waals surface area contributed by atoms with E-state index in [-0.39, 0.29) is 41.2 Å². The largest absolute Gasteiger partial charge is 0.424 e. The third-order valence-electron chi connectivity index (χ3n) is 6.02. The molecule has 0 N–H and O–H groups in total. The molecule has 1 saturated heterocycles. The molecule has 24 heavy (non-hydrogen) atoms. The second kappa shape index (κ2) is 4.56. The lowest BCUT2D eigenvalue weighted by atomic mass is 9.63. The van der Waals surface area contributed by atoms with E-state index in [4.69, 9.17) is 4.74 Å². The van der Waals surface area contributed by atoms with Crippen molar-refractivity contribution in [2.24, 2.45) is 35.5 Å². The van der Waals surface area contributed by atoms with Gasteiger partial charge < -0.3 is 4.74 Å². The Morgan fingerprint density at radius 3 is 2.21 bits per heavy atom. The fourth-order valence-corrected chi connectivity index (χ4v) is 5.08. The van der Waals surface area contributed by atoms with Gasteiger partial charge >= 0.3 is 5.97 Å². The molecule has 2 bridgehead atoms. The predicted molar refractivity (Wildman–Crippen MR) is 84.9 cm³/mol. The van der Waals surface area contributed by atoms with Gasteiger partial charge in [0, 0.05) is 6.92 Å². The first-order valence-electron chi connectivity index (χ1n) is 8.41. The summed E-state index contributed by atoms with van der Waals surface area (Å²) in [4.78, 5) is 38.7. The minimum absolute atomic E-state index is 0.144. The molecule has 1 heterocycles. The molecule has 5 heteroatoms. The van der Waals surface area contributed by atoms with Crippen molar-refractivity contribution >= 4 is 23.5 Å². The van der Waals surface area contributed by atoms with Gasteiger partial charge in [0.05, 0.1) is 17.5 Å². The van der Waals surface area contributed by atoms with Crippen molar-refractivity contribution < 1.29 is 19.1 Å². The molecule has 1 aliphatic heterocycles. The third-order valence-corrected chi connectivity index (χ3v) is 6.02. The number of nitrogens with zero attached hydrogens (tertiary/aromatic N) is 1. The van der Waals surface area contributed by atoms with Gasteiger partial charge in [0.2, 0.25) is 11.8 Å². The smallest absolute Gasteiger partial charge is 0.308 e. The summed E-state index contributed by atoms with van der Waals surface area (Å²) in [5.74, 6) is 0.521. The SMILES string of the molecule is CC(=O)Oc1ccccc1N1C(=O)[C@@H]2[C@@H]3C=C[C@H]([C@H]4C[C@H]34)[C@@H]2C1=O. The number of hydrogen-bond acceptors (Lipinski definition) is 4. The van der Waals surface area contributed by atoms with Crippen molar-refractivity contribution in [3.63, 3.8) is 0 Å². The van der Waals surface area contributed by atoms with Gasteiger partial charge in [-0.15, -0.1) is 0 Å². The number of anilines is 1. The van der Waals surface area contributed by atoms with Gasteiger partial charge in [-0.2, -0.15) is 0 Å². The molecule has 1 aromatic carbocycles. The first kappa shape index (κ1) is 14.0. The topological polar surface area (TPSA) is 63.7 Å². The monoisotopic (exact) mass is 323 g/mol. The van der Waals surface area contributed by atoms with Crippen molar-refractivity contribution in [2.75, 3.05) is 4.90 Å². The summed E-state index contributed by atoms with van der Waals surface area (Å²) in [6.07, 6.45) is 5.43. The van der Waals surface area contributed by atoms with Gasteiger partial charge in [-0.25, -0.2) is 4.90 Å². The number of rotatable bonds is 2. The van der Waals surface area contributed by atoms with Crippen molar-refractivity contribution in [3.8, 4) is 5.75 Å². The summed E-state index contributed by atoms with van der Waals surface area (Å²) < 4.78 is 5.21. The minimum Gasteiger partial charge on any atom is -0.424 e. The Balaban J connectivity index is 1.57. The Bertz CT molecular complexity index is 777. The first-order chi connectivity index (χ1) is 11.6. The molecule has 5 nitrogen and oxygen atoms in total. The Morgan fingerprint density at radius 1 is 1.04 bits per heavy atom. The quantitative estimate of drug-likeness (QED) is 0.362. The van der Waals surface area contributed by atoms with Crippen molar-refractivity contribution in [3.05, 3.63) is 36.4 Å². The maximum absolute atomic E-state index is 13.1. The van der Waals surface area contributed by atoms with Crippen LogP contribution in [0.2, 0.25) is 0 Å². The van der Waals surface area contributed by atoms with Crippen LogP contribution in [0.3, 0.4) is 0 Å². The number of para-hydroxylation sites is 2. The zero-order valence-corrected chi connectivity index (χ0v) is 13.2. The van der Waals surface area contributed by atoms with Crippen LogP contribution in [0.5, 0.6) is 5.75 Å². The number of carbonyl (C=O) groups excluding carboxylic acids is 3. The highest BCUT2D eigenvalue weighted by molar-refractivity contribution is 6.23. The van der Waals surface area contributed by atoms with Crippen LogP contribution in [0.1, 0.15) is 13.3 Å². The number of benzene rings is 1. The third kappa shape index (κ3) is 1.67. The van der Waals surface area contributed by atoms with Gasteiger partial charge in [-0.05, 0) is 42.2 Å². The maximum atomic E-state index is 13.1. The van der Waals surface area contributed by atoms with Crippen molar-refractivity contribution in [2.45, 2.75) is 13.3 Å². The van der Waals surface area contributed by atoms with E-state index in [0.29, 0.717) is 17.5 Å². The molecule has 0 aromatic heterocycles. The summed E-state index contributed by atoms with van der Waals surface area (Å²) in [5, 5.41) is 0. The summed E-state index contributed by atoms with van der Waals surface area (Å²) >= 11 is 0. The van der Waals surface area contributed by atoms with E-state index in [1.165, 1.54) is 11.8 Å². The van der Waals surface area contributed by atoms with Crippen LogP contribution < -0.4 is 9.64 Å². The lowest BCUT2D eigenvalue weighted by Gasteiger charge is -2.37. The Labute approximate surface area is 139 Å². The maximum Gasteiger partial charge on any atom is 0.308 e. The van der Waals surface area contributed by atoms with Gasteiger partial charge in [-0.1, -0.05) is 24.3 Å². The number of allylic oxidation sites excluding steroid dienone is 2. The summed E-state index contributed by atoms with van der Waals surface area (Å²) in [6, 6.07) is 6.75. The number of esters is 1. The highest BCUT2D eigenvalue weighted by Crippen LogP contribution is 2.65. The van der Waals surface area contributed by atoms with Gasteiger partial charge in [-0.3, -0.25) is 14.4 Å². The molecule has 2 saturated carbocycles. The van der Waals surface area contributed by atoms with Crippen LogP contribution in [0.15, 0.2) is 36.4 Å². The van der Waals surface area contributed by atoms with E-state index in [9.17, 15) is 14.4 Å². The summed E-state index contributed by atoms with van der Waals surface area (Å²) in [7, 11) is 0. The molecule has 2 amide bonds. The Kier molecular flexibility index (Phi) is 2.65. The molecule has 122 valence electrons. The fourth-order valence-electron chi connectivity index (χ4n) is 5.08. The molecule has 5 aliphatic rings. The number of amides is 2. The molecule has 0 radical (unpaired) electrons. The van der Waals surface area contributed by atoms with E-state index in [0.717, 1.165) is 6.42 Å². The average Bonchev–Trinajstić information content (AvgIpc) is 3.33. The lowest BCUT2D eigenvalue weighted by molar-refractivity contribution is -0.132. The molecule has 6 rings (SSSR count). The van der Waals surface area contributed by atoms with Crippen molar-refractivity contribution in [1.82, 2.24) is 0 Å². The molecular weight excluding hydrogens is 306 g/mol. The molecule has 3 fully saturated rings. The van der Waals surface area contributed by atoms with Crippen LogP contribution in [0.4, 0.5) is 5.69 Å². The van der Waals surface area contributed by atoms with E-state index >= 15 is 0 Å². The highest BCUT2D eigenvalue weighted by Gasteiger charge is 2.67. The van der Waals surface area contributed by atoms with Crippen LogP contribution in [-0.2, 0) is 14.4 Å². The van der Waals surface area contributed by atoms with E-state index in [1.54, 1.807) is 24.3 Å². The Morgan fingerprint density at radius 2 is 1.62 bits per heavy atom. The Hall–Kier alpha value is -2.43. The number of ether oxygens (including phenoxy) is 1. The number of carbonyl (C=O) groups is 3. The molecule has 1 aromatic rings. The highest BCUT2D eigenvalue weighted by atomic mass is 16.5. The molecule has 0 spiro atoms. The molecule has 0 unspecified atom stereocenters. The van der Waals surface area contributed by atoms with Crippen LogP contribution in [0.25, 0.3) is 0 Å². The number of imide groups is 1. The summed E-state index contributed by atoms with van der Waals surface area (Å²) in [6.45, 7) is 1.31. The minimum atomic E-state index is -0.470. The second-order valence-electron chi connectivity index (χ2n) is 7.23. The second-order valence-corrected chi connectivity index (χ2v) is 7.23. The first-order valence-corrected chi connectivity index (χ1v) is 8.41. The lowest BCUT2D eigenvalue weighted by Crippen LogP contribution is -2.40. The molecular formula is C19H17NO4. The zero-order valence-electron chi connectivity index (χ0n) is 13.2. The van der Waals surface area contributed by atoms with Gasteiger partial charge in [0.15, 0.2) is 5.75 Å². The van der Waals surface area contributed by atoms with E-state index in [2.05, 4.69) is 12.2 Å². The standard InChI is InChI=1S/C19H17NO4/c1-9(21)24-15-5-3-2-4-14(15)20-18(22)16-10-6-7-11(13-8-12(10)13)17(16)19(20)23/h2-7,10-13,16-17H,8H2,1H3/t10-,11-,12-,13-,16-,17+/m1/s1. The van der Waals surface area contributed by atoms with Crippen LogP contribution >= 0.6 is 0 Å².